The maximum atomic E-state index is 10.3. The quantitative estimate of drug-likeness (QED) is 0.684. The van der Waals surface area contributed by atoms with Gasteiger partial charge < -0.3 is 9.84 Å². The molecular weight excluding hydrogens is 164 g/mol. The maximum absolute atomic E-state index is 10.3. The van der Waals surface area contributed by atoms with Crippen LogP contribution in [0.2, 0.25) is 0 Å². The Morgan fingerprint density at radius 3 is 2.46 bits per heavy atom. The summed E-state index contributed by atoms with van der Waals surface area (Å²) in [6.45, 7) is 0.532. The van der Waals surface area contributed by atoms with E-state index in [2.05, 4.69) is 0 Å². The Hall–Kier alpha value is -0.0800. The van der Waals surface area contributed by atoms with Gasteiger partial charge in [0.2, 0.25) is 0 Å². The average Bonchev–Trinajstić information content (AvgIpc) is 2.94. The fraction of sp³-hybridized carbons (Fsp3) is 1.00. The van der Waals surface area contributed by atoms with Crippen molar-refractivity contribution in [1.29, 1.82) is 0 Å². The van der Waals surface area contributed by atoms with Gasteiger partial charge in [0.15, 0.2) is 0 Å². The number of hydrogen-bond donors (Lipinski definition) is 1. The van der Waals surface area contributed by atoms with Gasteiger partial charge in [-0.25, -0.2) is 0 Å². The molecular formula is C11H20O2. The minimum absolute atomic E-state index is 0.489. The molecule has 76 valence electrons. The lowest BCUT2D eigenvalue weighted by molar-refractivity contribution is -0.0558. The summed E-state index contributed by atoms with van der Waals surface area (Å²) in [5, 5.41) is 10.3. The molecule has 0 bridgehead atoms. The van der Waals surface area contributed by atoms with Gasteiger partial charge in [-0.15, -0.1) is 0 Å². The fourth-order valence-corrected chi connectivity index (χ4v) is 2.13. The largest absolute Gasteiger partial charge is 0.387 e. The summed E-state index contributed by atoms with van der Waals surface area (Å²) in [6, 6.07) is 0. The molecule has 0 aromatic rings. The zero-order valence-corrected chi connectivity index (χ0v) is 8.46. The highest BCUT2D eigenvalue weighted by Crippen LogP contribution is 2.44. The second-order valence-corrected chi connectivity index (χ2v) is 4.79. The van der Waals surface area contributed by atoms with Crippen molar-refractivity contribution < 1.29 is 9.84 Å². The van der Waals surface area contributed by atoms with E-state index >= 15 is 0 Å². The minimum Gasteiger partial charge on any atom is -0.387 e. The lowest BCUT2D eigenvalue weighted by Gasteiger charge is -2.27. The van der Waals surface area contributed by atoms with Gasteiger partial charge in [-0.05, 0) is 37.5 Å². The molecule has 0 aromatic carbocycles. The van der Waals surface area contributed by atoms with Crippen LogP contribution in [0.25, 0.3) is 0 Å². The van der Waals surface area contributed by atoms with Crippen LogP contribution in [0.4, 0.5) is 0 Å². The second kappa shape index (κ2) is 3.58. The standard InChI is InChI=1S/C11H20O2/c1-13-8-11(12,10-4-5-10)7-6-9-2-3-9/h9-10,12H,2-8H2,1H3. The van der Waals surface area contributed by atoms with E-state index in [1.54, 1.807) is 7.11 Å². The molecule has 2 aliphatic carbocycles. The average molecular weight is 184 g/mol. The van der Waals surface area contributed by atoms with E-state index in [1.165, 1.54) is 32.1 Å². The van der Waals surface area contributed by atoms with Crippen molar-refractivity contribution in [3.63, 3.8) is 0 Å². The molecule has 0 heterocycles. The van der Waals surface area contributed by atoms with E-state index in [0.29, 0.717) is 12.5 Å². The lowest BCUT2D eigenvalue weighted by Crippen LogP contribution is -2.36. The van der Waals surface area contributed by atoms with E-state index < -0.39 is 5.60 Å². The van der Waals surface area contributed by atoms with Crippen LogP contribution in [0.5, 0.6) is 0 Å². The van der Waals surface area contributed by atoms with Crippen molar-refractivity contribution in [1.82, 2.24) is 0 Å². The number of ether oxygens (including phenoxy) is 1. The zero-order valence-electron chi connectivity index (χ0n) is 8.46. The summed E-state index contributed by atoms with van der Waals surface area (Å²) in [7, 11) is 1.68. The van der Waals surface area contributed by atoms with Crippen LogP contribution < -0.4 is 0 Å². The van der Waals surface area contributed by atoms with Crippen molar-refractivity contribution in [2.24, 2.45) is 11.8 Å². The van der Waals surface area contributed by atoms with Gasteiger partial charge in [-0.1, -0.05) is 12.8 Å². The molecule has 2 rings (SSSR count). The number of rotatable bonds is 6. The minimum atomic E-state index is -0.489. The molecule has 2 heteroatoms. The summed E-state index contributed by atoms with van der Waals surface area (Å²) < 4.78 is 5.11. The highest BCUT2D eigenvalue weighted by molar-refractivity contribution is 4.95. The van der Waals surface area contributed by atoms with Crippen molar-refractivity contribution in [3.8, 4) is 0 Å². The van der Waals surface area contributed by atoms with Gasteiger partial charge >= 0.3 is 0 Å². The molecule has 0 aromatic heterocycles. The Balaban J connectivity index is 1.79. The van der Waals surface area contributed by atoms with E-state index in [-0.39, 0.29) is 0 Å². The van der Waals surface area contributed by atoms with Crippen LogP contribution in [-0.4, -0.2) is 24.4 Å². The topological polar surface area (TPSA) is 29.5 Å². The van der Waals surface area contributed by atoms with Crippen molar-refractivity contribution >= 4 is 0 Å². The van der Waals surface area contributed by atoms with E-state index in [0.717, 1.165) is 12.3 Å². The predicted octanol–water partition coefficient (Wildman–Crippen LogP) is 1.96. The van der Waals surface area contributed by atoms with Gasteiger partial charge in [-0.2, -0.15) is 0 Å². The van der Waals surface area contributed by atoms with Crippen LogP contribution in [0, 0.1) is 11.8 Å². The molecule has 2 aliphatic rings. The number of methoxy groups -OCH3 is 1. The first kappa shape index (κ1) is 9.47. The summed E-state index contributed by atoms with van der Waals surface area (Å²) in [4.78, 5) is 0. The smallest absolute Gasteiger partial charge is 0.0908 e. The molecule has 2 nitrogen and oxygen atoms in total. The molecule has 0 saturated heterocycles. The van der Waals surface area contributed by atoms with Crippen molar-refractivity contribution in [3.05, 3.63) is 0 Å². The Kier molecular flexibility index (Phi) is 2.61. The van der Waals surface area contributed by atoms with E-state index in [1.807, 2.05) is 0 Å². The van der Waals surface area contributed by atoms with Crippen molar-refractivity contribution in [2.45, 2.75) is 44.1 Å². The number of aliphatic hydroxyl groups is 1. The molecule has 1 unspecified atom stereocenters. The molecule has 0 amide bonds. The Morgan fingerprint density at radius 2 is 2.00 bits per heavy atom. The van der Waals surface area contributed by atoms with Gasteiger partial charge in [0.05, 0.1) is 12.2 Å². The van der Waals surface area contributed by atoms with E-state index in [9.17, 15) is 5.11 Å². The van der Waals surface area contributed by atoms with Gasteiger partial charge in [0.25, 0.3) is 0 Å². The fourth-order valence-electron chi connectivity index (χ4n) is 2.13. The molecule has 1 atom stereocenters. The predicted molar refractivity (Wildman–Crippen MR) is 51.5 cm³/mol. The highest BCUT2D eigenvalue weighted by atomic mass is 16.5. The summed E-state index contributed by atoms with van der Waals surface area (Å²) in [6.07, 6.45) is 7.32. The maximum Gasteiger partial charge on any atom is 0.0908 e. The monoisotopic (exact) mass is 184 g/mol. The van der Waals surface area contributed by atoms with Gasteiger partial charge in [-0.3, -0.25) is 0 Å². The molecule has 13 heavy (non-hydrogen) atoms. The van der Waals surface area contributed by atoms with E-state index in [4.69, 9.17) is 4.74 Å². The lowest BCUT2D eigenvalue weighted by atomic mass is 9.92. The van der Waals surface area contributed by atoms with Crippen LogP contribution in [0.3, 0.4) is 0 Å². The molecule has 2 fully saturated rings. The first-order valence-electron chi connectivity index (χ1n) is 5.46. The Bertz CT molecular complexity index is 173. The van der Waals surface area contributed by atoms with Crippen LogP contribution in [0.15, 0.2) is 0 Å². The van der Waals surface area contributed by atoms with Crippen LogP contribution in [0.1, 0.15) is 38.5 Å². The first-order valence-corrected chi connectivity index (χ1v) is 5.46. The molecule has 0 radical (unpaired) electrons. The Labute approximate surface area is 80.3 Å². The number of hydrogen-bond acceptors (Lipinski definition) is 2. The van der Waals surface area contributed by atoms with Crippen molar-refractivity contribution in [2.75, 3.05) is 13.7 Å². The summed E-state index contributed by atoms with van der Waals surface area (Å²) in [5.74, 6) is 1.45. The normalized spacial score (nSPS) is 27.2. The molecule has 1 N–H and O–H groups in total. The van der Waals surface area contributed by atoms with Crippen LogP contribution in [-0.2, 0) is 4.74 Å². The third-order valence-corrected chi connectivity index (χ3v) is 3.41. The van der Waals surface area contributed by atoms with Gasteiger partial charge in [0.1, 0.15) is 0 Å². The summed E-state index contributed by atoms with van der Waals surface area (Å²) >= 11 is 0. The zero-order chi connectivity index (χ0) is 9.31. The third kappa shape index (κ3) is 2.44. The SMILES string of the molecule is COCC(O)(CCC1CC1)C1CC1. The molecule has 2 saturated carbocycles. The van der Waals surface area contributed by atoms with Crippen LogP contribution >= 0.6 is 0 Å². The summed E-state index contributed by atoms with van der Waals surface area (Å²) in [5.41, 5.74) is -0.489. The van der Waals surface area contributed by atoms with Gasteiger partial charge in [0, 0.05) is 7.11 Å². The first-order chi connectivity index (χ1) is 6.24. The Morgan fingerprint density at radius 1 is 1.31 bits per heavy atom. The molecule has 0 spiro atoms. The highest BCUT2D eigenvalue weighted by Gasteiger charge is 2.44. The third-order valence-electron chi connectivity index (χ3n) is 3.41. The molecule has 0 aliphatic heterocycles. The second-order valence-electron chi connectivity index (χ2n) is 4.79.